The van der Waals surface area contributed by atoms with Gasteiger partial charge in [-0.05, 0) is 46.3 Å². The molecule has 1 amide bonds. The first-order valence-corrected chi connectivity index (χ1v) is 11.3. The van der Waals surface area contributed by atoms with Crippen LogP contribution in [0.3, 0.4) is 0 Å². The van der Waals surface area contributed by atoms with Gasteiger partial charge < -0.3 is 14.8 Å². The Balaban J connectivity index is 1.60. The number of thiophene rings is 1. The van der Waals surface area contributed by atoms with Crippen molar-refractivity contribution in [1.82, 2.24) is 4.31 Å². The lowest BCUT2D eigenvalue weighted by Gasteiger charge is -2.26. The van der Waals surface area contributed by atoms with Gasteiger partial charge in [0.15, 0.2) is 6.61 Å². The topological polar surface area (TPSA) is 102 Å². The number of hydrogen-bond acceptors (Lipinski definition) is 7. The Hall–Kier alpha value is -1.79. The Morgan fingerprint density at radius 1 is 1.21 bits per heavy atom. The largest absolute Gasteiger partial charge is 0.451 e. The van der Waals surface area contributed by atoms with E-state index in [2.05, 4.69) is 21.2 Å². The Bertz CT molecular complexity index is 970. The number of sulfonamides is 1. The molecule has 1 saturated heterocycles. The van der Waals surface area contributed by atoms with Crippen molar-refractivity contribution in [3.8, 4) is 0 Å². The Morgan fingerprint density at radius 3 is 2.64 bits per heavy atom. The van der Waals surface area contributed by atoms with Crippen molar-refractivity contribution >= 4 is 54.9 Å². The number of morpholine rings is 1. The van der Waals surface area contributed by atoms with Crippen LogP contribution in [0.1, 0.15) is 9.67 Å². The average Bonchev–Trinajstić information content (AvgIpc) is 3.13. The summed E-state index contributed by atoms with van der Waals surface area (Å²) < 4.78 is 37.6. The van der Waals surface area contributed by atoms with E-state index in [1.54, 1.807) is 18.2 Å². The summed E-state index contributed by atoms with van der Waals surface area (Å²) >= 11 is 4.45. The summed E-state index contributed by atoms with van der Waals surface area (Å²) in [6, 6.07) is 9.25. The van der Waals surface area contributed by atoms with E-state index in [4.69, 9.17) is 9.47 Å². The Labute approximate surface area is 174 Å². The molecule has 1 fully saturated rings. The zero-order valence-electron chi connectivity index (χ0n) is 14.6. The van der Waals surface area contributed by atoms with E-state index in [1.807, 2.05) is 0 Å². The molecule has 1 aromatic carbocycles. The van der Waals surface area contributed by atoms with E-state index in [1.165, 1.54) is 33.8 Å². The third-order valence-corrected chi connectivity index (χ3v) is 7.33. The van der Waals surface area contributed by atoms with E-state index in [0.29, 0.717) is 23.8 Å². The van der Waals surface area contributed by atoms with Crippen molar-refractivity contribution in [3.05, 3.63) is 45.1 Å². The number of nitrogens with zero attached hydrogens (tertiary/aromatic N) is 1. The van der Waals surface area contributed by atoms with Crippen molar-refractivity contribution < 1.29 is 27.5 Å². The first kappa shape index (κ1) is 20.9. The minimum absolute atomic E-state index is 0.0765. The van der Waals surface area contributed by atoms with Gasteiger partial charge in [0.25, 0.3) is 5.91 Å². The van der Waals surface area contributed by atoms with Crippen LogP contribution in [0.5, 0.6) is 0 Å². The first-order valence-electron chi connectivity index (χ1n) is 8.26. The van der Waals surface area contributed by atoms with Gasteiger partial charge in [-0.3, -0.25) is 4.79 Å². The predicted molar refractivity (Wildman–Crippen MR) is 107 cm³/mol. The number of amides is 1. The van der Waals surface area contributed by atoms with Crippen molar-refractivity contribution in [1.29, 1.82) is 0 Å². The molecule has 0 spiro atoms. The van der Waals surface area contributed by atoms with E-state index in [9.17, 15) is 18.0 Å². The van der Waals surface area contributed by atoms with Crippen LogP contribution in [-0.2, 0) is 24.3 Å². The van der Waals surface area contributed by atoms with Gasteiger partial charge in [0.2, 0.25) is 10.0 Å². The fraction of sp³-hybridized carbons (Fsp3) is 0.294. The van der Waals surface area contributed by atoms with Gasteiger partial charge >= 0.3 is 5.97 Å². The SMILES string of the molecule is O=C(COC(=O)c1ccc(Br)s1)Nc1cccc(S(=O)(=O)N2CCOCC2)c1. The number of hydrogen-bond donors (Lipinski definition) is 1. The molecule has 8 nitrogen and oxygen atoms in total. The zero-order valence-corrected chi connectivity index (χ0v) is 17.8. The lowest BCUT2D eigenvalue weighted by atomic mass is 10.3. The number of esters is 1. The molecule has 0 bridgehead atoms. The maximum atomic E-state index is 12.7. The number of benzene rings is 1. The fourth-order valence-corrected chi connectivity index (χ4v) is 5.23. The third-order valence-electron chi connectivity index (χ3n) is 3.83. The maximum absolute atomic E-state index is 12.7. The van der Waals surface area contributed by atoms with Crippen molar-refractivity contribution in [2.75, 3.05) is 38.2 Å². The van der Waals surface area contributed by atoms with E-state index < -0.39 is 28.5 Å². The highest BCUT2D eigenvalue weighted by atomic mass is 79.9. The van der Waals surface area contributed by atoms with Crippen molar-refractivity contribution in [2.45, 2.75) is 4.90 Å². The first-order chi connectivity index (χ1) is 13.4. The number of nitrogens with one attached hydrogen (secondary N) is 1. The second-order valence-electron chi connectivity index (χ2n) is 5.77. The van der Waals surface area contributed by atoms with Gasteiger partial charge in [-0.2, -0.15) is 4.31 Å². The molecule has 0 aliphatic carbocycles. The van der Waals surface area contributed by atoms with Crippen molar-refractivity contribution in [2.24, 2.45) is 0 Å². The van der Waals surface area contributed by atoms with Crippen LogP contribution < -0.4 is 5.32 Å². The average molecular weight is 489 g/mol. The summed E-state index contributed by atoms with van der Waals surface area (Å²) in [4.78, 5) is 24.4. The second-order valence-corrected chi connectivity index (χ2v) is 10.2. The van der Waals surface area contributed by atoms with Crippen molar-refractivity contribution in [3.63, 3.8) is 0 Å². The lowest BCUT2D eigenvalue weighted by molar-refractivity contribution is -0.119. The molecule has 0 saturated carbocycles. The summed E-state index contributed by atoms with van der Waals surface area (Å²) in [6.45, 7) is 0.792. The number of anilines is 1. The van der Waals surface area contributed by atoms with Crippen LogP contribution in [0.2, 0.25) is 0 Å². The molecule has 1 aromatic heterocycles. The zero-order chi connectivity index (χ0) is 20.1. The van der Waals surface area contributed by atoms with Crippen LogP contribution in [-0.4, -0.2) is 57.5 Å². The van der Waals surface area contributed by atoms with Crippen LogP contribution in [0.25, 0.3) is 0 Å². The maximum Gasteiger partial charge on any atom is 0.348 e. The van der Waals surface area contributed by atoms with Crippen LogP contribution in [0.4, 0.5) is 5.69 Å². The summed E-state index contributed by atoms with van der Waals surface area (Å²) in [5.41, 5.74) is 0.300. The number of rotatable bonds is 6. The van der Waals surface area contributed by atoms with Gasteiger partial charge in [-0.15, -0.1) is 11.3 Å². The predicted octanol–water partition coefficient (Wildman–Crippen LogP) is 2.33. The highest BCUT2D eigenvalue weighted by Crippen LogP contribution is 2.23. The van der Waals surface area contributed by atoms with E-state index in [-0.39, 0.29) is 18.0 Å². The monoisotopic (exact) mass is 488 g/mol. The smallest absolute Gasteiger partial charge is 0.348 e. The molecular weight excluding hydrogens is 472 g/mol. The van der Waals surface area contributed by atoms with Crippen LogP contribution >= 0.6 is 27.3 Å². The van der Waals surface area contributed by atoms with Crippen LogP contribution in [0, 0.1) is 0 Å². The van der Waals surface area contributed by atoms with E-state index in [0.717, 1.165) is 3.79 Å². The number of halogens is 1. The molecule has 1 aliphatic rings. The lowest BCUT2D eigenvalue weighted by Crippen LogP contribution is -2.40. The molecule has 28 heavy (non-hydrogen) atoms. The molecule has 2 heterocycles. The van der Waals surface area contributed by atoms with Gasteiger partial charge in [-0.25, -0.2) is 13.2 Å². The van der Waals surface area contributed by atoms with Gasteiger partial charge in [0.05, 0.1) is 21.9 Å². The fourth-order valence-electron chi connectivity index (χ4n) is 2.49. The van der Waals surface area contributed by atoms with Gasteiger partial charge in [0, 0.05) is 18.8 Å². The molecule has 3 rings (SSSR count). The number of carbonyl (C=O) groups is 2. The normalized spacial score (nSPS) is 15.2. The molecule has 2 aromatic rings. The summed E-state index contributed by atoms with van der Waals surface area (Å²) in [5, 5.41) is 2.54. The molecular formula is C17H17BrN2O6S2. The minimum Gasteiger partial charge on any atom is -0.451 e. The molecule has 150 valence electrons. The molecule has 0 radical (unpaired) electrons. The molecule has 1 N–H and O–H groups in total. The number of ether oxygens (including phenoxy) is 2. The summed E-state index contributed by atoms with van der Waals surface area (Å²) in [7, 11) is -3.67. The van der Waals surface area contributed by atoms with E-state index >= 15 is 0 Å². The molecule has 11 heteroatoms. The Morgan fingerprint density at radius 2 is 1.96 bits per heavy atom. The number of carbonyl (C=O) groups excluding carboxylic acids is 2. The Kier molecular flexibility index (Phi) is 6.83. The second kappa shape index (κ2) is 9.14. The third kappa shape index (κ3) is 5.17. The minimum atomic E-state index is -3.67. The molecule has 0 atom stereocenters. The highest BCUT2D eigenvalue weighted by Gasteiger charge is 2.26. The highest BCUT2D eigenvalue weighted by molar-refractivity contribution is 9.11. The quantitative estimate of drug-likeness (QED) is 0.626. The molecule has 0 unspecified atom stereocenters. The van der Waals surface area contributed by atoms with Crippen LogP contribution in [0.15, 0.2) is 45.1 Å². The summed E-state index contributed by atoms with van der Waals surface area (Å²) in [6.07, 6.45) is 0. The molecule has 1 aliphatic heterocycles. The summed E-state index contributed by atoms with van der Waals surface area (Å²) in [5.74, 6) is -1.17. The van der Waals surface area contributed by atoms with Gasteiger partial charge in [0.1, 0.15) is 4.88 Å². The standard InChI is InChI=1S/C17H17BrN2O6S2/c18-15-5-4-14(27-15)17(22)26-11-16(21)19-12-2-1-3-13(10-12)28(23,24)20-6-8-25-9-7-20/h1-5,10H,6-9,11H2,(H,19,21). The van der Waals surface area contributed by atoms with Gasteiger partial charge in [-0.1, -0.05) is 6.07 Å².